The molecule has 9 heteroatoms. The molecule has 0 spiro atoms. The van der Waals surface area contributed by atoms with Gasteiger partial charge >= 0.3 is 0 Å². The first kappa shape index (κ1) is 45.7. The van der Waals surface area contributed by atoms with Gasteiger partial charge in [0.1, 0.15) is 24.4 Å². The van der Waals surface area contributed by atoms with Gasteiger partial charge in [-0.1, -0.05) is 141 Å². The molecule has 0 aromatic heterocycles. The van der Waals surface area contributed by atoms with Gasteiger partial charge in [-0.3, -0.25) is 4.79 Å². The molecule has 1 saturated heterocycles. The third kappa shape index (κ3) is 23.0. The second-order valence-corrected chi connectivity index (χ2v) is 14.1. The first-order valence-corrected chi connectivity index (χ1v) is 20.1. The van der Waals surface area contributed by atoms with Crippen molar-refractivity contribution in [3.05, 3.63) is 24.3 Å². The molecule has 9 nitrogen and oxygen atoms in total. The van der Waals surface area contributed by atoms with E-state index in [0.29, 0.717) is 6.42 Å². The Hall–Kier alpha value is -1.33. The van der Waals surface area contributed by atoms with Crippen LogP contribution in [0.3, 0.4) is 0 Å². The number of hydrogen-bond acceptors (Lipinski definition) is 8. The summed E-state index contributed by atoms with van der Waals surface area (Å²) >= 11 is 0. The van der Waals surface area contributed by atoms with E-state index in [4.69, 9.17) is 9.47 Å². The average molecular weight is 698 g/mol. The van der Waals surface area contributed by atoms with Gasteiger partial charge in [-0.05, 0) is 44.9 Å². The number of allylic oxidation sites excluding steroid dienone is 3. The van der Waals surface area contributed by atoms with Gasteiger partial charge in [0.25, 0.3) is 0 Å². The number of hydrogen-bond donors (Lipinski definition) is 6. The highest BCUT2D eigenvalue weighted by Crippen LogP contribution is 2.22. The number of carbonyl (C=O) groups excluding carboxylic acids is 1. The second-order valence-electron chi connectivity index (χ2n) is 14.1. The number of ether oxygens (including phenoxy) is 2. The smallest absolute Gasteiger partial charge is 0.220 e. The van der Waals surface area contributed by atoms with Crippen molar-refractivity contribution in [1.29, 1.82) is 0 Å². The predicted octanol–water partition coefficient (Wildman–Crippen LogP) is 7.16. The topological polar surface area (TPSA) is 149 Å². The Labute approximate surface area is 298 Å². The zero-order valence-electron chi connectivity index (χ0n) is 31.2. The van der Waals surface area contributed by atoms with Gasteiger partial charge in [-0.25, -0.2) is 0 Å². The molecule has 0 aromatic rings. The van der Waals surface area contributed by atoms with Crippen molar-refractivity contribution >= 4 is 5.91 Å². The van der Waals surface area contributed by atoms with E-state index in [1.54, 1.807) is 6.08 Å². The number of unbranched alkanes of at least 4 members (excludes halogenated alkanes) is 20. The quantitative estimate of drug-likeness (QED) is 0.0320. The summed E-state index contributed by atoms with van der Waals surface area (Å²) in [6.07, 6.45) is 27.8. The maximum absolute atomic E-state index is 12.9. The molecule has 2 unspecified atom stereocenters. The summed E-state index contributed by atoms with van der Waals surface area (Å²) < 4.78 is 11.2. The molecule has 49 heavy (non-hydrogen) atoms. The maximum Gasteiger partial charge on any atom is 0.220 e. The number of nitrogens with one attached hydrogen (secondary N) is 1. The van der Waals surface area contributed by atoms with Crippen molar-refractivity contribution in [1.82, 2.24) is 5.32 Å². The molecule has 1 heterocycles. The summed E-state index contributed by atoms with van der Waals surface area (Å²) in [4.78, 5) is 12.9. The Bertz CT molecular complexity index is 822. The molecule has 1 fully saturated rings. The van der Waals surface area contributed by atoms with Crippen LogP contribution < -0.4 is 5.32 Å². The summed E-state index contributed by atoms with van der Waals surface area (Å²) in [5, 5.41) is 53.9. The fourth-order valence-corrected chi connectivity index (χ4v) is 6.21. The van der Waals surface area contributed by atoms with Gasteiger partial charge in [0.2, 0.25) is 5.91 Å². The molecule has 0 bridgehead atoms. The lowest BCUT2D eigenvalue weighted by Crippen LogP contribution is -2.60. The fourth-order valence-electron chi connectivity index (χ4n) is 6.21. The zero-order valence-corrected chi connectivity index (χ0v) is 31.2. The second kappa shape index (κ2) is 31.4. The maximum atomic E-state index is 12.9. The highest BCUT2D eigenvalue weighted by molar-refractivity contribution is 5.76. The van der Waals surface area contributed by atoms with E-state index >= 15 is 0 Å². The summed E-state index contributed by atoms with van der Waals surface area (Å²) in [5.74, 6) is -0.184. The van der Waals surface area contributed by atoms with E-state index in [1.807, 2.05) is 6.08 Å². The highest BCUT2D eigenvalue weighted by Gasteiger charge is 2.44. The minimum atomic E-state index is -1.56. The SMILES string of the molecule is CCCCCC/C=C/CCCCC/C=C/[C@@H](O)[C@H](CO[C@@H]1OC(CO)[C@@H](O)[C@@H](O)C1O)NC(=O)CCCCCCCCCCCCCCC. The molecular formula is C40H75NO8. The molecule has 0 aliphatic carbocycles. The standard InChI is InChI=1S/C40H75NO8/c1-3-5-7-9-11-13-15-17-19-21-23-25-27-29-34(43)33(32-48-40-39(47)38(46)37(45)35(31-42)49-40)41-36(44)30-28-26-24-22-20-18-16-14-12-10-8-6-4-2/h13,15,27,29,33-35,37-40,42-43,45-47H,3-12,14,16-26,28,30-32H2,1-2H3,(H,41,44)/b15-13+,29-27+/t33-,34+,35?,37+,38+,39?,40+/m0/s1. The van der Waals surface area contributed by atoms with E-state index in [1.165, 1.54) is 89.9 Å². The van der Waals surface area contributed by atoms with Crippen molar-refractivity contribution in [2.24, 2.45) is 0 Å². The van der Waals surface area contributed by atoms with Crippen LogP contribution in [-0.2, 0) is 14.3 Å². The highest BCUT2D eigenvalue weighted by atomic mass is 16.7. The third-order valence-electron chi connectivity index (χ3n) is 9.52. The Morgan fingerprint density at radius 2 is 1.14 bits per heavy atom. The molecule has 1 aliphatic rings. The Balaban J connectivity index is 2.45. The number of rotatable bonds is 32. The molecule has 1 amide bonds. The number of amides is 1. The van der Waals surface area contributed by atoms with Crippen molar-refractivity contribution in [3.63, 3.8) is 0 Å². The van der Waals surface area contributed by atoms with Crippen LogP contribution in [0.4, 0.5) is 0 Å². The Morgan fingerprint density at radius 1 is 0.673 bits per heavy atom. The average Bonchev–Trinajstić information content (AvgIpc) is 3.10. The van der Waals surface area contributed by atoms with Crippen LogP contribution in [-0.4, -0.2) is 87.5 Å². The van der Waals surface area contributed by atoms with Gasteiger partial charge in [-0.2, -0.15) is 0 Å². The van der Waals surface area contributed by atoms with Crippen LogP contribution in [0.1, 0.15) is 168 Å². The monoisotopic (exact) mass is 698 g/mol. The molecule has 6 N–H and O–H groups in total. The van der Waals surface area contributed by atoms with Crippen LogP contribution in [0.15, 0.2) is 24.3 Å². The van der Waals surface area contributed by atoms with Crippen LogP contribution in [0.25, 0.3) is 0 Å². The van der Waals surface area contributed by atoms with Crippen LogP contribution >= 0.6 is 0 Å². The third-order valence-corrected chi connectivity index (χ3v) is 9.52. The van der Waals surface area contributed by atoms with E-state index in [9.17, 15) is 30.3 Å². The van der Waals surface area contributed by atoms with Gasteiger partial charge in [0, 0.05) is 6.42 Å². The normalized spacial score (nSPS) is 22.6. The van der Waals surface area contributed by atoms with Crippen molar-refractivity contribution in [2.45, 2.75) is 211 Å². The summed E-state index contributed by atoms with van der Waals surface area (Å²) in [5.41, 5.74) is 0. The van der Waals surface area contributed by atoms with Crippen LogP contribution in [0, 0.1) is 0 Å². The lowest BCUT2D eigenvalue weighted by Gasteiger charge is -2.40. The van der Waals surface area contributed by atoms with Gasteiger partial charge in [0.15, 0.2) is 6.29 Å². The Morgan fingerprint density at radius 3 is 1.67 bits per heavy atom. The van der Waals surface area contributed by atoms with Gasteiger partial charge in [0.05, 0.1) is 25.4 Å². The van der Waals surface area contributed by atoms with E-state index in [-0.39, 0.29) is 12.5 Å². The molecule has 7 atom stereocenters. The summed E-state index contributed by atoms with van der Waals surface area (Å²) in [6.45, 7) is 3.72. The van der Waals surface area contributed by atoms with Crippen molar-refractivity contribution in [3.8, 4) is 0 Å². The predicted molar refractivity (Wildman–Crippen MR) is 198 cm³/mol. The minimum Gasteiger partial charge on any atom is -0.394 e. The van der Waals surface area contributed by atoms with E-state index in [2.05, 4.69) is 31.3 Å². The molecular weight excluding hydrogens is 622 g/mol. The number of carbonyl (C=O) groups is 1. The molecule has 0 saturated carbocycles. The molecule has 0 aromatic carbocycles. The first-order chi connectivity index (χ1) is 23.8. The Kier molecular flexibility index (Phi) is 29.3. The van der Waals surface area contributed by atoms with Gasteiger partial charge in [-0.15, -0.1) is 0 Å². The zero-order chi connectivity index (χ0) is 36.0. The van der Waals surface area contributed by atoms with Crippen molar-refractivity contribution < 1.29 is 39.8 Å². The molecule has 288 valence electrons. The first-order valence-electron chi connectivity index (χ1n) is 20.1. The molecule has 1 rings (SSSR count). The molecule has 0 radical (unpaired) electrons. The molecule has 1 aliphatic heterocycles. The van der Waals surface area contributed by atoms with Crippen LogP contribution in [0.5, 0.6) is 0 Å². The lowest BCUT2D eigenvalue weighted by atomic mass is 9.99. The van der Waals surface area contributed by atoms with Crippen LogP contribution in [0.2, 0.25) is 0 Å². The fraction of sp³-hybridized carbons (Fsp3) is 0.875. The summed E-state index contributed by atoms with van der Waals surface area (Å²) in [7, 11) is 0. The summed E-state index contributed by atoms with van der Waals surface area (Å²) in [6, 6.07) is -0.805. The van der Waals surface area contributed by atoms with E-state index < -0.39 is 49.5 Å². The lowest BCUT2D eigenvalue weighted by molar-refractivity contribution is -0.302. The minimum absolute atomic E-state index is 0.184. The van der Waals surface area contributed by atoms with Crippen molar-refractivity contribution in [2.75, 3.05) is 13.2 Å². The largest absolute Gasteiger partial charge is 0.394 e. The van der Waals surface area contributed by atoms with Gasteiger partial charge < -0.3 is 40.3 Å². The number of aliphatic hydroxyl groups excluding tert-OH is 5. The van der Waals surface area contributed by atoms with E-state index in [0.717, 1.165) is 57.8 Å². The number of aliphatic hydroxyl groups is 5.